The normalized spacial score (nSPS) is 14.4. The molecule has 2 N–H and O–H groups in total. The van der Waals surface area contributed by atoms with Crippen molar-refractivity contribution >= 4 is 10.0 Å². The highest BCUT2D eigenvalue weighted by atomic mass is 32.2. The molecule has 0 fully saturated rings. The Balaban J connectivity index is 3.24. The van der Waals surface area contributed by atoms with Gasteiger partial charge in [-0.15, -0.1) is 0 Å². The summed E-state index contributed by atoms with van der Waals surface area (Å²) in [5, 5.41) is 1.78. The van der Waals surface area contributed by atoms with E-state index in [0.29, 0.717) is 0 Å². The maximum absolute atomic E-state index is 12.6. The van der Waals surface area contributed by atoms with Crippen LogP contribution in [0.5, 0.6) is 5.88 Å². The highest BCUT2D eigenvalue weighted by Gasteiger charge is 2.48. The van der Waals surface area contributed by atoms with Crippen LogP contribution < -0.4 is 9.88 Å². The van der Waals surface area contributed by atoms with E-state index in [1.807, 2.05) is 0 Å². The van der Waals surface area contributed by atoms with E-state index in [0.717, 1.165) is 18.3 Å². The Bertz CT molecular complexity index is 484. The van der Waals surface area contributed by atoms with Crippen molar-refractivity contribution < 1.29 is 26.3 Å². The fraction of sp³-hybridized carbons (Fsp3) is 0.375. The summed E-state index contributed by atoms with van der Waals surface area (Å²) in [5.74, 6) is 0.0732. The Morgan fingerprint density at radius 1 is 1.41 bits per heavy atom. The molecule has 0 saturated carbocycles. The molecule has 0 amide bonds. The molecule has 0 bridgehead atoms. The summed E-state index contributed by atoms with van der Waals surface area (Å²) < 4.78 is 64.2. The first kappa shape index (κ1) is 13.7. The lowest BCUT2D eigenvalue weighted by Gasteiger charge is -2.18. The first-order chi connectivity index (χ1) is 7.66. The van der Waals surface area contributed by atoms with Gasteiger partial charge in [0.2, 0.25) is 15.9 Å². The third-order valence-corrected chi connectivity index (χ3v) is 3.09. The second-order valence-electron chi connectivity index (χ2n) is 3.14. The lowest BCUT2D eigenvalue weighted by atomic mass is 10.2. The van der Waals surface area contributed by atoms with E-state index in [1.54, 1.807) is 0 Å². The van der Waals surface area contributed by atoms with Crippen LogP contribution >= 0.6 is 0 Å². The fourth-order valence-electron chi connectivity index (χ4n) is 1.23. The van der Waals surface area contributed by atoms with Gasteiger partial charge in [-0.1, -0.05) is 6.07 Å². The first-order valence-corrected chi connectivity index (χ1v) is 5.85. The van der Waals surface area contributed by atoms with Gasteiger partial charge in [0.05, 0.1) is 7.11 Å². The van der Waals surface area contributed by atoms with Gasteiger partial charge in [-0.2, -0.15) is 13.2 Å². The standard InChI is InChI=1S/C8H9F3N2O3S/c1-16-6-3-2-5(4-13-6)7(8(9,10)11)17(12,14)15/h2-4,7H,1H3,(H2,12,14,15). The summed E-state index contributed by atoms with van der Waals surface area (Å²) in [6, 6.07) is 2.08. The number of primary sulfonamides is 1. The van der Waals surface area contributed by atoms with Crippen molar-refractivity contribution in [1.29, 1.82) is 0 Å². The zero-order valence-corrected chi connectivity index (χ0v) is 9.42. The van der Waals surface area contributed by atoms with Gasteiger partial charge in [0.1, 0.15) is 0 Å². The number of alkyl halides is 3. The number of nitrogens with zero attached hydrogens (tertiary/aromatic N) is 1. The summed E-state index contributed by atoms with van der Waals surface area (Å²) in [7, 11) is -3.52. The number of hydrogen-bond donors (Lipinski definition) is 1. The minimum atomic E-state index is -5.00. The summed E-state index contributed by atoms with van der Waals surface area (Å²) in [6.45, 7) is 0. The quantitative estimate of drug-likeness (QED) is 0.887. The SMILES string of the molecule is COc1ccc(C(C(F)(F)F)S(N)(=O)=O)cn1. The van der Waals surface area contributed by atoms with Crippen LogP contribution in [0.4, 0.5) is 13.2 Å². The Morgan fingerprint density at radius 2 is 2.00 bits per heavy atom. The zero-order valence-electron chi connectivity index (χ0n) is 8.60. The number of rotatable bonds is 3. The van der Waals surface area contributed by atoms with Crippen LogP contribution in [0.2, 0.25) is 0 Å². The number of hydrogen-bond acceptors (Lipinski definition) is 4. The number of sulfonamides is 1. The number of aromatic nitrogens is 1. The molecular formula is C8H9F3N2O3S. The molecule has 9 heteroatoms. The highest BCUT2D eigenvalue weighted by Crippen LogP contribution is 2.37. The molecule has 1 unspecified atom stereocenters. The van der Waals surface area contributed by atoms with Gasteiger partial charge < -0.3 is 4.74 Å². The van der Waals surface area contributed by atoms with Gasteiger partial charge in [-0.3, -0.25) is 0 Å². The molecular weight excluding hydrogens is 261 g/mol. The average molecular weight is 270 g/mol. The average Bonchev–Trinajstić information content (AvgIpc) is 2.14. The maximum Gasteiger partial charge on any atom is 0.410 e. The van der Waals surface area contributed by atoms with E-state index < -0.39 is 27.0 Å². The van der Waals surface area contributed by atoms with Crippen LogP contribution in [0.25, 0.3) is 0 Å². The predicted octanol–water partition coefficient (Wildman–Crippen LogP) is 0.982. The van der Waals surface area contributed by atoms with Gasteiger partial charge in [0.25, 0.3) is 0 Å². The van der Waals surface area contributed by atoms with Gasteiger partial charge >= 0.3 is 6.18 Å². The lowest BCUT2D eigenvalue weighted by molar-refractivity contribution is -0.131. The Kier molecular flexibility index (Phi) is 3.62. The lowest BCUT2D eigenvalue weighted by Crippen LogP contribution is -2.33. The smallest absolute Gasteiger partial charge is 0.410 e. The molecule has 1 atom stereocenters. The van der Waals surface area contributed by atoms with Crippen LogP contribution in [0.3, 0.4) is 0 Å². The number of ether oxygens (including phenoxy) is 1. The van der Waals surface area contributed by atoms with Crippen LogP contribution in [-0.2, 0) is 10.0 Å². The second-order valence-corrected chi connectivity index (χ2v) is 4.79. The van der Waals surface area contributed by atoms with E-state index in [-0.39, 0.29) is 5.88 Å². The van der Waals surface area contributed by atoms with Crippen LogP contribution in [0, 0.1) is 0 Å². The second kappa shape index (κ2) is 4.49. The first-order valence-electron chi connectivity index (χ1n) is 4.24. The molecule has 0 aliphatic rings. The molecule has 5 nitrogen and oxygen atoms in total. The molecule has 0 saturated heterocycles. The van der Waals surface area contributed by atoms with Gasteiger partial charge in [0, 0.05) is 12.3 Å². The summed E-state index contributed by atoms with van der Waals surface area (Å²) in [5.41, 5.74) is -0.555. The van der Waals surface area contributed by atoms with Crippen molar-refractivity contribution in [3.63, 3.8) is 0 Å². The van der Waals surface area contributed by atoms with Crippen LogP contribution in [0.1, 0.15) is 10.8 Å². The topological polar surface area (TPSA) is 82.3 Å². The van der Waals surface area contributed by atoms with E-state index in [9.17, 15) is 21.6 Å². The summed E-state index contributed by atoms with van der Waals surface area (Å²) in [4.78, 5) is 3.50. The van der Waals surface area contributed by atoms with E-state index >= 15 is 0 Å². The Labute approximate surface area is 95.5 Å². The Hall–Kier alpha value is -1.35. The molecule has 1 aromatic rings. The fourth-order valence-corrected chi connectivity index (χ4v) is 2.12. The van der Waals surface area contributed by atoms with Crippen molar-refractivity contribution in [2.24, 2.45) is 5.14 Å². The minimum Gasteiger partial charge on any atom is -0.481 e. The van der Waals surface area contributed by atoms with Gasteiger partial charge in [-0.25, -0.2) is 18.5 Å². The molecule has 0 radical (unpaired) electrons. The maximum atomic E-state index is 12.6. The third-order valence-electron chi connectivity index (χ3n) is 1.90. The van der Waals surface area contributed by atoms with E-state index in [1.165, 1.54) is 7.11 Å². The van der Waals surface area contributed by atoms with Crippen molar-refractivity contribution in [3.8, 4) is 5.88 Å². The molecule has 0 aliphatic carbocycles. The monoisotopic (exact) mass is 270 g/mol. The van der Waals surface area contributed by atoms with Gasteiger partial charge in [-0.05, 0) is 5.56 Å². The number of halogens is 3. The number of nitrogens with two attached hydrogens (primary N) is 1. The molecule has 96 valence electrons. The van der Waals surface area contributed by atoms with Gasteiger partial charge in [0.15, 0.2) is 5.25 Å². The number of methoxy groups -OCH3 is 1. The molecule has 0 aromatic carbocycles. The molecule has 1 heterocycles. The molecule has 0 spiro atoms. The largest absolute Gasteiger partial charge is 0.481 e. The van der Waals surface area contributed by atoms with Crippen molar-refractivity contribution in [2.75, 3.05) is 7.11 Å². The summed E-state index contributed by atoms with van der Waals surface area (Å²) in [6.07, 6.45) is -4.23. The molecule has 17 heavy (non-hydrogen) atoms. The number of pyridine rings is 1. The van der Waals surface area contributed by atoms with E-state index in [4.69, 9.17) is 0 Å². The summed E-state index contributed by atoms with van der Waals surface area (Å²) >= 11 is 0. The van der Waals surface area contributed by atoms with Crippen LogP contribution in [0.15, 0.2) is 18.3 Å². The van der Waals surface area contributed by atoms with E-state index in [2.05, 4.69) is 14.9 Å². The van der Waals surface area contributed by atoms with Crippen molar-refractivity contribution in [3.05, 3.63) is 23.9 Å². The third kappa shape index (κ3) is 3.30. The molecule has 1 rings (SSSR count). The van der Waals surface area contributed by atoms with Crippen molar-refractivity contribution in [2.45, 2.75) is 11.4 Å². The van der Waals surface area contributed by atoms with Crippen molar-refractivity contribution in [1.82, 2.24) is 4.98 Å². The zero-order chi connectivity index (χ0) is 13.3. The Morgan fingerprint density at radius 3 is 2.29 bits per heavy atom. The van der Waals surface area contributed by atoms with Crippen LogP contribution in [-0.4, -0.2) is 26.7 Å². The molecule has 1 aromatic heterocycles. The highest BCUT2D eigenvalue weighted by molar-refractivity contribution is 7.89. The predicted molar refractivity (Wildman–Crippen MR) is 52.7 cm³/mol. The minimum absolute atomic E-state index is 0.0732. The molecule has 0 aliphatic heterocycles.